The monoisotopic (exact) mass is 204 g/mol. The highest BCUT2D eigenvalue weighted by Gasteiger charge is 2.55. The molecule has 0 spiro atoms. The largest absolute Gasteiger partial charge is 0.0733 e. The highest BCUT2D eigenvalue weighted by atomic mass is 14.6. The van der Waals surface area contributed by atoms with Gasteiger partial charge in [0, 0.05) is 0 Å². The highest BCUT2D eigenvalue weighted by molar-refractivity contribution is 5.33. The van der Waals surface area contributed by atoms with Crippen LogP contribution in [-0.4, -0.2) is 0 Å². The Morgan fingerprint density at radius 3 is 2.47 bits per heavy atom. The van der Waals surface area contributed by atoms with Crippen molar-refractivity contribution in [2.45, 2.75) is 59.8 Å². The fourth-order valence-corrected chi connectivity index (χ4v) is 4.93. The van der Waals surface area contributed by atoms with Crippen LogP contribution in [0.4, 0.5) is 0 Å². The van der Waals surface area contributed by atoms with Crippen molar-refractivity contribution in [2.75, 3.05) is 0 Å². The highest BCUT2D eigenvalue weighted by Crippen LogP contribution is 2.65. The Hall–Kier alpha value is -0.260. The molecule has 0 bridgehead atoms. The summed E-state index contributed by atoms with van der Waals surface area (Å²) in [7, 11) is 0. The third-order valence-corrected chi connectivity index (χ3v) is 5.64. The SMILES string of the molecule is CC1=C2CCC2(C)C2CC(C)(C)CC2C1. The molecule has 3 rings (SSSR count). The van der Waals surface area contributed by atoms with E-state index in [1.54, 1.807) is 5.57 Å². The summed E-state index contributed by atoms with van der Waals surface area (Å²) in [5, 5.41) is 0. The van der Waals surface area contributed by atoms with Gasteiger partial charge < -0.3 is 0 Å². The lowest BCUT2D eigenvalue weighted by atomic mass is 9.51. The standard InChI is InChI=1S/C15H24/c1-10-7-11-8-14(2,3)9-13(11)15(4)6-5-12(10)15/h11,13H,5-9H2,1-4H3. The first-order valence-corrected chi connectivity index (χ1v) is 6.61. The smallest absolute Gasteiger partial charge is 0.00796 e. The summed E-state index contributed by atoms with van der Waals surface area (Å²) in [4.78, 5) is 0. The molecule has 84 valence electrons. The van der Waals surface area contributed by atoms with Crippen LogP contribution in [-0.2, 0) is 0 Å². The Balaban J connectivity index is 1.98. The lowest BCUT2D eigenvalue weighted by molar-refractivity contribution is 0.0947. The molecule has 0 nitrogen and oxygen atoms in total. The van der Waals surface area contributed by atoms with Crippen LogP contribution in [0.5, 0.6) is 0 Å². The summed E-state index contributed by atoms with van der Waals surface area (Å²) in [5.74, 6) is 2.02. The lowest BCUT2D eigenvalue weighted by Gasteiger charge is -2.53. The van der Waals surface area contributed by atoms with E-state index in [-0.39, 0.29) is 0 Å². The minimum absolute atomic E-state index is 0.615. The van der Waals surface area contributed by atoms with Crippen molar-refractivity contribution in [3.8, 4) is 0 Å². The van der Waals surface area contributed by atoms with Gasteiger partial charge in [-0.05, 0) is 61.7 Å². The Labute approximate surface area is 94.1 Å². The van der Waals surface area contributed by atoms with Gasteiger partial charge in [-0.3, -0.25) is 0 Å². The van der Waals surface area contributed by atoms with Crippen LogP contribution in [0.25, 0.3) is 0 Å². The Morgan fingerprint density at radius 2 is 1.87 bits per heavy atom. The summed E-state index contributed by atoms with van der Waals surface area (Å²) in [5.41, 5.74) is 4.84. The van der Waals surface area contributed by atoms with E-state index in [1.165, 1.54) is 32.1 Å². The van der Waals surface area contributed by atoms with Crippen LogP contribution in [0.3, 0.4) is 0 Å². The van der Waals surface area contributed by atoms with Crippen LogP contribution >= 0.6 is 0 Å². The summed E-state index contributed by atoms with van der Waals surface area (Å²) >= 11 is 0. The van der Waals surface area contributed by atoms with Crippen molar-refractivity contribution in [3.05, 3.63) is 11.1 Å². The topological polar surface area (TPSA) is 0 Å². The molecule has 0 aromatic rings. The molecule has 0 heterocycles. The molecule has 0 radical (unpaired) electrons. The van der Waals surface area contributed by atoms with Crippen LogP contribution in [0.1, 0.15) is 59.8 Å². The molecular weight excluding hydrogens is 180 g/mol. The van der Waals surface area contributed by atoms with Gasteiger partial charge in [-0.25, -0.2) is 0 Å². The van der Waals surface area contributed by atoms with Crippen molar-refractivity contribution >= 4 is 0 Å². The molecule has 3 aliphatic carbocycles. The van der Waals surface area contributed by atoms with Gasteiger partial charge >= 0.3 is 0 Å². The minimum Gasteiger partial charge on any atom is -0.0733 e. The number of fused-ring (bicyclic) bond motifs is 3. The molecule has 0 aliphatic heterocycles. The zero-order valence-electron chi connectivity index (χ0n) is 10.7. The van der Waals surface area contributed by atoms with Gasteiger partial charge in [0.15, 0.2) is 0 Å². The molecule has 0 amide bonds. The maximum atomic E-state index is 2.55. The van der Waals surface area contributed by atoms with E-state index in [0.29, 0.717) is 10.8 Å². The van der Waals surface area contributed by atoms with Crippen LogP contribution < -0.4 is 0 Å². The third kappa shape index (κ3) is 1.20. The number of hydrogen-bond acceptors (Lipinski definition) is 0. The van der Waals surface area contributed by atoms with E-state index in [2.05, 4.69) is 27.7 Å². The first-order valence-electron chi connectivity index (χ1n) is 6.61. The Bertz CT molecular complexity index is 334. The lowest BCUT2D eigenvalue weighted by Crippen LogP contribution is -2.42. The zero-order chi connectivity index (χ0) is 10.8. The predicted molar refractivity (Wildman–Crippen MR) is 64.7 cm³/mol. The average molecular weight is 204 g/mol. The average Bonchev–Trinajstić information content (AvgIpc) is 2.36. The normalized spacial score (nSPS) is 47.2. The van der Waals surface area contributed by atoms with E-state index >= 15 is 0 Å². The van der Waals surface area contributed by atoms with Gasteiger partial charge in [0.25, 0.3) is 0 Å². The predicted octanol–water partition coefficient (Wildman–Crippen LogP) is 4.56. The van der Waals surface area contributed by atoms with Gasteiger partial charge in [-0.1, -0.05) is 31.9 Å². The molecule has 3 unspecified atom stereocenters. The molecule has 2 fully saturated rings. The van der Waals surface area contributed by atoms with Crippen molar-refractivity contribution < 1.29 is 0 Å². The van der Waals surface area contributed by atoms with Crippen molar-refractivity contribution in [3.63, 3.8) is 0 Å². The molecule has 0 N–H and O–H groups in total. The summed E-state index contributed by atoms with van der Waals surface area (Å²) < 4.78 is 0. The first-order chi connectivity index (χ1) is 6.92. The third-order valence-electron chi connectivity index (χ3n) is 5.64. The molecule has 0 aromatic carbocycles. The van der Waals surface area contributed by atoms with Crippen molar-refractivity contribution in [1.29, 1.82) is 0 Å². The van der Waals surface area contributed by atoms with Gasteiger partial charge in [-0.15, -0.1) is 0 Å². The molecule has 0 saturated heterocycles. The minimum atomic E-state index is 0.615. The van der Waals surface area contributed by atoms with Crippen LogP contribution in [0.15, 0.2) is 11.1 Å². The van der Waals surface area contributed by atoms with Crippen molar-refractivity contribution in [1.82, 2.24) is 0 Å². The number of hydrogen-bond donors (Lipinski definition) is 0. The Kier molecular flexibility index (Phi) is 1.79. The molecule has 0 heteroatoms. The Morgan fingerprint density at radius 1 is 1.13 bits per heavy atom. The fraction of sp³-hybridized carbons (Fsp3) is 0.867. The maximum Gasteiger partial charge on any atom is -0.00796 e. The maximum absolute atomic E-state index is 2.55. The van der Waals surface area contributed by atoms with E-state index in [0.717, 1.165) is 11.8 Å². The van der Waals surface area contributed by atoms with Crippen LogP contribution in [0, 0.1) is 22.7 Å². The first kappa shape index (κ1) is 9.93. The number of allylic oxidation sites excluding steroid dienone is 2. The summed E-state index contributed by atoms with van der Waals surface area (Å²) in [6.45, 7) is 9.90. The van der Waals surface area contributed by atoms with Crippen molar-refractivity contribution in [2.24, 2.45) is 22.7 Å². The molecular formula is C15H24. The van der Waals surface area contributed by atoms with Crippen LogP contribution in [0.2, 0.25) is 0 Å². The second kappa shape index (κ2) is 2.70. The quantitative estimate of drug-likeness (QED) is 0.507. The molecule has 0 aromatic heterocycles. The second-order valence-electron chi connectivity index (χ2n) is 7.32. The molecule has 2 saturated carbocycles. The van der Waals surface area contributed by atoms with Gasteiger partial charge in [-0.2, -0.15) is 0 Å². The summed E-state index contributed by atoms with van der Waals surface area (Å²) in [6, 6.07) is 0. The van der Waals surface area contributed by atoms with Gasteiger partial charge in [0.2, 0.25) is 0 Å². The van der Waals surface area contributed by atoms with E-state index in [1.807, 2.05) is 5.57 Å². The second-order valence-corrected chi connectivity index (χ2v) is 7.32. The van der Waals surface area contributed by atoms with Gasteiger partial charge in [0.1, 0.15) is 0 Å². The molecule has 3 aliphatic rings. The van der Waals surface area contributed by atoms with Gasteiger partial charge in [0.05, 0.1) is 0 Å². The summed E-state index contributed by atoms with van der Waals surface area (Å²) in [6.07, 6.45) is 7.24. The van der Waals surface area contributed by atoms with E-state index in [9.17, 15) is 0 Å². The van der Waals surface area contributed by atoms with E-state index < -0.39 is 0 Å². The molecule has 3 atom stereocenters. The zero-order valence-corrected chi connectivity index (χ0v) is 10.7. The molecule has 15 heavy (non-hydrogen) atoms. The van der Waals surface area contributed by atoms with E-state index in [4.69, 9.17) is 0 Å². The fourth-order valence-electron chi connectivity index (χ4n) is 4.93. The number of rotatable bonds is 0.